The number of thioether (sulfide) groups is 1. The van der Waals surface area contributed by atoms with Gasteiger partial charge in [0.15, 0.2) is 4.32 Å². The Labute approximate surface area is 140 Å². The number of carbonyl (C=O) groups excluding carboxylic acids is 1. The van der Waals surface area contributed by atoms with Crippen molar-refractivity contribution in [1.82, 2.24) is 4.90 Å². The second-order valence-electron chi connectivity index (χ2n) is 5.30. The molecule has 0 aromatic heterocycles. The number of anilines is 1. The molecule has 6 heteroatoms. The van der Waals surface area contributed by atoms with Crippen LogP contribution in [0.1, 0.15) is 19.3 Å². The van der Waals surface area contributed by atoms with Gasteiger partial charge in [0, 0.05) is 19.3 Å². The summed E-state index contributed by atoms with van der Waals surface area (Å²) in [6, 6.07) is 7.38. The van der Waals surface area contributed by atoms with Gasteiger partial charge in [-0.15, -0.1) is 0 Å². The number of hydrogen-bond donors (Lipinski definition) is 0. The number of nitrogens with zero attached hydrogens (tertiary/aromatic N) is 2. The van der Waals surface area contributed by atoms with Crippen LogP contribution in [0.5, 0.6) is 5.75 Å². The molecule has 0 unspecified atom stereocenters. The van der Waals surface area contributed by atoms with Gasteiger partial charge in [0.2, 0.25) is 0 Å². The van der Waals surface area contributed by atoms with Crippen molar-refractivity contribution in [3.8, 4) is 5.75 Å². The van der Waals surface area contributed by atoms with E-state index in [0.29, 0.717) is 9.23 Å². The molecule has 116 valence electrons. The van der Waals surface area contributed by atoms with E-state index in [1.165, 1.54) is 31.0 Å². The van der Waals surface area contributed by atoms with Crippen LogP contribution in [0.3, 0.4) is 0 Å². The first-order chi connectivity index (χ1) is 10.7. The van der Waals surface area contributed by atoms with Crippen molar-refractivity contribution >= 4 is 39.9 Å². The summed E-state index contributed by atoms with van der Waals surface area (Å²) in [6.07, 6.45) is 5.63. The van der Waals surface area contributed by atoms with Crippen molar-refractivity contribution in [2.75, 3.05) is 25.1 Å². The minimum Gasteiger partial charge on any atom is -0.497 e. The van der Waals surface area contributed by atoms with Crippen LogP contribution in [0, 0.1) is 0 Å². The monoisotopic (exact) mass is 334 g/mol. The molecule has 2 saturated heterocycles. The summed E-state index contributed by atoms with van der Waals surface area (Å²) >= 11 is 6.76. The maximum absolute atomic E-state index is 12.6. The molecule has 0 saturated carbocycles. The van der Waals surface area contributed by atoms with E-state index in [4.69, 9.17) is 17.0 Å². The first kappa shape index (κ1) is 15.4. The maximum Gasteiger partial charge on any atom is 0.272 e. The zero-order chi connectivity index (χ0) is 15.5. The topological polar surface area (TPSA) is 32.8 Å². The number of ether oxygens (including phenoxy) is 1. The van der Waals surface area contributed by atoms with Gasteiger partial charge in [-0.1, -0.05) is 24.0 Å². The highest BCUT2D eigenvalue weighted by molar-refractivity contribution is 8.27. The Hall–Kier alpha value is -1.53. The third-order valence-electron chi connectivity index (χ3n) is 3.81. The zero-order valence-electron chi connectivity index (χ0n) is 12.4. The Morgan fingerprint density at radius 2 is 1.86 bits per heavy atom. The average Bonchev–Trinajstić information content (AvgIpc) is 2.82. The summed E-state index contributed by atoms with van der Waals surface area (Å²) in [5, 5.41) is 0. The lowest BCUT2D eigenvalue weighted by Gasteiger charge is -2.25. The van der Waals surface area contributed by atoms with E-state index < -0.39 is 0 Å². The number of carbonyl (C=O) groups is 1. The highest BCUT2D eigenvalue weighted by atomic mass is 32.2. The molecule has 1 aromatic rings. The number of piperidine rings is 1. The number of methoxy groups -OCH3 is 1. The molecule has 2 heterocycles. The van der Waals surface area contributed by atoms with E-state index >= 15 is 0 Å². The molecule has 0 aliphatic carbocycles. The van der Waals surface area contributed by atoms with Crippen LogP contribution in [0.4, 0.5) is 5.69 Å². The Kier molecular flexibility index (Phi) is 4.69. The van der Waals surface area contributed by atoms with Crippen molar-refractivity contribution in [2.24, 2.45) is 0 Å². The second kappa shape index (κ2) is 6.71. The zero-order valence-corrected chi connectivity index (χ0v) is 14.1. The molecule has 4 nitrogen and oxygen atoms in total. The van der Waals surface area contributed by atoms with E-state index in [1.807, 2.05) is 30.5 Å². The molecule has 2 aliphatic rings. The Bertz CT molecular complexity index is 607. The molecular weight excluding hydrogens is 316 g/mol. The predicted molar refractivity (Wildman–Crippen MR) is 94.2 cm³/mol. The standard InChI is InChI=1S/C16H18N2O2S2/c1-20-13-7-5-12(6-8-13)18-15(19)14(22-16(18)21)11-17-9-3-2-4-10-17/h5-8,11H,2-4,9-10H2,1H3. The van der Waals surface area contributed by atoms with Gasteiger partial charge >= 0.3 is 0 Å². The molecule has 2 fully saturated rings. The number of rotatable bonds is 3. The Morgan fingerprint density at radius 1 is 1.18 bits per heavy atom. The van der Waals surface area contributed by atoms with E-state index in [0.717, 1.165) is 24.5 Å². The first-order valence-corrected chi connectivity index (χ1v) is 8.58. The number of likely N-dealkylation sites (tertiary alicyclic amines) is 1. The van der Waals surface area contributed by atoms with Crippen molar-refractivity contribution < 1.29 is 9.53 Å². The molecular formula is C16H18N2O2S2. The van der Waals surface area contributed by atoms with Crippen LogP contribution in [-0.4, -0.2) is 35.3 Å². The van der Waals surface area contributed by atoms with Crippen molar-refractivity contribution in [2.45, 2.75) is 19.3 Å². The van der Waals surface area contributed by atoms with Gasteiger partial charge in [-0.05, 0) is 43.5 Å². The van der Waals surface area contributed by atoms with Crippen LogP contribution in [0.2, 0.25) is 0 Å². The molecule has 3 rings (SSSR count). The number of hydrogen-bond acceptors (Lipinski definition) is 5. The fourth-order valence-corrected chi connectivity index (χ4v) is 3.93. The first-order valence-electron chi connectivity index (χ1n) is 7.35. The van der Waals surface area contributed by atoms with Gasteiger partial charge in [0.1, 0.15) is 5.75 Å². The summed E-state index contributed by atoms with van der Waals surface area (Å²) in [4.78, 5) is 17.2. The van der Waals surface area contributed by atoms with Crippen LogP contribution in [0.25, 0.3) is 0 Å². The normalized spacial score (nSPS) is 20.9. The van der Waals surface area contributed by atoms with Gasteiger partial charge in [-0.3, -0.25) is 9.69 Å². The Morgan fingerprint density at radius 3 is 2.50 bits per heavy atom. The fourth-order valence-electron chi connectivity index (χ4n) is 2.63. The Balaban J connectivity index is 1.79. The summed E-state index contributed by atoms with van der Waals surface area (Å²) in [5.74, 6) is 0.726. The summed E-state index contributed by atoms with van der Waals surface area (Å²) < 4.78 is 5.73. The van der Waals surface area contributed by atoms with Gasteiger partial charge in [-0.2, -0.15) is 0 Å². The van der Waals surface area contributed by atoms with E-state index in [1.54, 1.807) is 12.0 Å². The largest absolute Gasteiger partial charge is 0.497 e. The van der Waals surface area contributed by atoms with E-state index in [2.05, 4.69) is 4.90 Å². The van der Waals surface area contributed by atoms with Crippen LogP contribution in [0.15, 0.2) is 35.4 Å². The minimum atomic E-state index is -0.0364. The molecule has 0 atom stereocenters. The van der Waals surface area contributed by atoms with Crippen molar-refractivity contribution in [1.29, 1.82) is 0 Å². The lowest BCUT2D eigenvalue weighted by atomic mass is 10.1. The average molecular weight is 334 g/mol. The molecule has 0 spiro atoms. The molecule has 22 heavy (non-hydrogen) atoms. The highest BCUT2D eigenvalue weighted by Gasteiger charge is 2.33. The smallest absolute Gasteiger partial charge is 0.272 e. The molecule has 0 bridgehead atoms. The molecule has 2 aliphatic heterocycles. The lowest BCUT2D eigenvalue weighted by Crippen LogP contribution is -2.29. The fraction of sp³-hybridized carbons (Fsp3) is 0.375. The van der Waals surface area contributed by atoms with Crippen molar-refractivity contribution in [3.63, 3.8) is 0 Å². The lowest BCUT2D eigenvalue weighted by molar-refractivity contribution is -0.113. The van der Waals surface area contributed by atoms with Gasteiger partial charge in [0.05, 0.1) is 17.7 Å². The molecule has 1 amide bonds. The van der Waals surface area contributed by atoms with Crippen LogP contribution < -0.4 is 9.64 Å². The van der Waals surface area contributed by atoms with Gasteiger partial charge in [-0.25, -0.2) is 0 Å². The third-order valence-corrected chi connectivity index (χ3v) is 5.10. The summed E-state index contributed by atoms with van der Waals surface area (Å²) in [6.45, 7) is 2.04. The summed E-state index contributed by atoms with van der Waals surface area (Å²) in [5.41, 5.74) is 0.783. The molecule has 0 radical (unpaired) electrons. The van der Waals surface area contributed by atoms with Gasteiger partial charge in [0.25, 0.3) is 5.91 Å². The number of thiocarbonyl (C=S) groups is 1. The van der Waals surface area contributed by atoms with E-state index in [9.17, 15) is 4.79 Å². The predicted octanol–water partition coefficient (Wildman–Crippen LogP) is 3.39. The maximum atomic E-state index is 12.6. The number of benzene rings is 1. The third kappa shape index (κ3) is 3.13. The number of amides is 1. The molecule has 1 aromatic carbocycles. The minimum absolute atomic E-state index is 0.0364. The van der Waals surface area contributed by atoms with Gasteiger partial charge < -0.3 is 9.64 Å². The highest BCUT2D eigenvalue weighted by Crippen LogP contribution is 2.35. The van der Waals surface area contributed by atoms with Crippen LogP contribution >= 0.6 is 24.0 Å². The SMILES string of the molecule is COc1ccc(N2C(=O)C(=CN3CCCCC3)SC2=S)cc1. The quantitative estimate of drug-likeness (QED) is 0.625. The van der Waals surface area contributed by atoms with Crippen LogP contribution in [-0.2, 0) is 4.79 Å². The van der Waals surface area contributed by atoms with Crippen molar-refractivity contribution in [3.05, 3.63) is 35.4 Å². The molecule has 0 N–H and O–H groups in total. The van der Waals surface area contributed by atoms with E-state index in [-0.39, 0.29) is 5.91 Å². The summed E-state index contributed by atoms with van der Waals surface area (Å²) in [7, 11) is 1.62. The second-order valence-corrected chi connectivity index (χ2v) is 6.97.